The fourth-order valence-electron chi connectivity index (χ4n) is 5.03. The summed E-state index contributed by atoms with van der Waals surface area (Å²) in [5, 5.41) is 1.14. The van der Waals surface area contributed by atoms with Crippen molar-refractivity contribution in [2.45, 2.75) is 50.7 Å². The summed E-state index contributed by atoms with van der Waals surface area (Å²) in [5.74, 6) is 0.991. The third-order valence-electron chi connectivity index (χ3n) is 7.02. The van der Waals surface area contributed by atoms with Crippen LogP contribution in [-0.4, -0.2) is 50.1 Å². The molecule has 0 aromatic heterocycles. The molecule has 3 aromatic rings. The number of methoxy groups -OCH3 is 2. The molecule has 9 heteroatoms. The molecule has 0 spiro atoms. The minimum absolute atomic E-state index is 0.0529. The number of rotatable bonds is 12. The molecule has 1 amide bonds. The average Bonchev–Trinajstić information content (AvgIpc) is 2.97. The maximum atomic E-state index is 13.9. The molecule has 4 atom stereocenters. The molecule has 40 heavy (non-hydrogen) atoms. The van der Waals surface area contributed by atoms with Crippen molar-refractivity contribution >= 4 is 35.4 Å². The summed E-state index contributed by atoms with van der Waals surface area (Å²) in [6.45, 7) is 2.60. The highest BCUT2D eigenvalue weighted by atomic mass is 35.5. The number of morpholine rings is 1. The SMILES string of the molecule is CC[C@@H](COCc1ccc(OC)c(OC)c1)N1C(=O)[C@@H](CC=O)O[C@@H](c2cccc(Cl)c2)[C@H]1c1ccc(Cl)cc1. The van der Waals surface area contributed by atoms with E-state index in [1.807, 2.05) is 60.4 Å². The Bertz CT molecular complexity index is 1300. The van der Waals surface area contributed by atoms with Crippen molar-refractivity contribution < 1.29 is 28.5 Å². The predicted octanol–water partition coefficient (Wildman–Crippen LogP) is 6.60. The van der Waals surface area contributed by atoms with Gasteiger partial charge in [0.1, 0.15) is 18.5 Å². The summed E-state index contributed by atoms with van der Waals surface area (Å²) >= 11 is 12.6. The number of hydrogen-bond donors (Lipinski definition) is 0. The van der Waals surface area contributed by atoms with Crippen LogP contribution in [0.15, 0.2) is 66.7 Å². The number of halogens is 2. The Morgan fingerprint density at radius 2 is 1.70 bits per heavy atom. The maximum absolute atomic E-state index is 13.9. The van der Waals surface area contributed by atoms with Gasteiger partial charge in [-0.2, -0.15) is 0 Å². The molecule has 0 aliphatic carbocycles. The van der Waals surface area contributed by atoms with E-state index in [1.165, 1.54) is 0 Å². The van der Waals surface area contributed by atoms with Gasteiger partial charge in [-0.15, -0.1) is 0 Å². The number of ether oxygens (including phenoxy) is 4. The van der Waals surface area contributed by atoms with Gasteiger partial charge in [-0.1, -0.05) is 60.5 Å². The highest BCUT2D eigenvalue weighted by Gasteiger charge is 2.46. The first kappa shape index (κ1) is 29.9. The van der Waals surface area contributed by atoms with Gasteiger partial charge >= 0.3 is 0 Å². The van der Waals surface area contributed by atoms with E-state index in [9.17, 15) is 9.59 Å². The van der Waals surface area contributed by atoms with E-state index in [4.69, 9.17) is 42.1 Å². The van der Waals surface area contributed by atoms with Crippen LogP contribution < -0.4 is 9.47 Å². The Balaban J connectivity index is 1.67. The maximum Gasteiger partial charge on any atom is 0.253 e. The lowest BCUT2D eigenvalue weighted by atomic mass is 9.89. The van der Waals surface area contributed by atoms with Crippen LogP contribution in [0.4, 0.5) is 0 Å². The van der Waals surface area contributed by atoms with E-state index >= 15 is 0 Å². The second kappa shape index (κ2) is 14.0. The zero-order chi connectivity index (χ0) is 28.6. The molecule has 0 radical (unpaired) electrons. The van der Waals surface area contributed by atoms with E-state index in [2.05, 4.69) is 0 Å². The number of benzene rings is 3. The minimum Gasteiger partial charge on any atom is -0.493 e. The van der Waals surface area contributed by atoms with Gasteiger partial charge in [0.2, 0.25) is 0 Å². The van der Waals surface area contributed by atoms with Crippen molar-refractivity contribution in [3.8, 4) is 11.5 Å². The lowest BCUT2D eigenvalue weighted by Crippen LogP contribution is -2.55. The van der Waals surface area contributed by atoms with Crippen LogP contribution in [0.1, 0.15) is 48.6 Å². The first-order valence-electron chi connectivity index (χ1n) is 13.1. The Labute approximate surface area is 244 Å². The van der Waals surface area contributed by atoms with Crippen LogP contribution in [0.3, 0.4) is 0 Å². The van der Waals surface area contributed by atoms with E-state index in [0.29, 0.717) is 40.9 Å². The molecule has 1 heterocycles. The number of nitrogens with zero attached hydrogens (tertiary/aromatic N) is 1. The largest absolute Gasteiger partial charge is 0.493 e. The van der Waals surface area contributed by atoms with Crippen LogP contribution in [0, 0.1) is 0 Å². The molecule has 0 unspecified atom stereocenters. The lowest BCUT2D eigenvalue weighted by molar-refractivity contribution is -0.182. The summed E-state index contributed by atoms with van der Waals surface area (Å²) in [5.41, 5.74) is 2.57. The van der Waals surface area contributed by atoms with E-state index < -0.39 is 18.2 Å². The Morgan fingerprint density at radius 1 is 0.950 bits per heavy atom. The Kier molecular flexibility index (Phi) is 10.5. The van der Waals surface area contributed by atoms with Crippen LogP contribution in [0.2, 0.25) is 10.0 Å². The average molecular weight is 587 g/mol. The number of hydrogen-bond acceptors (Lipinski definition) is 6. The van der Waals surface area contributed by atoms with E-state index in [1.54, 1.807) is 32.4 Å². The normalized spacial score (nSPS) is 19.8. The van der Waals surface area contributed by atoms with Gasteiger partial charge in [0.05, 0.1) is 39.5 Å². The van der Waals surface area contributed by atoms with Gasteiger partial charge in [-0.3, -0.25) is 4.79 Å². The standard InChI is InChI=1S/C31H33Cl2NO6/c1-4-25(19-39-18-20-8-13-26(37-2)28(16-20)38-3)34-29(21-9-11-23(32)12-10-21)30(22-6-5-7-24(33)17-22)40-27(14-15-35)31(34)36/h5-13,15-17,25,27,29-30H,4,14,18-19H2,1-3H3/t25-,27+,29+,30-/m0/s1. The first-order chi connectivity index (χ1) is 19.4. The van der Waals surface area contributed by atoms with Crippen LogP contribution in [0.25, 0.3) is 0 Å². The highest BCUT2D eigenvalue weighted by molar-refractivity contribution is 6.30. The quantitative estimate of drug-likeness (QED) is 0.223. The second-order valence-electron chi connectivity index (χ2n) is 9.51. The van der Waals surface area contributed by atoms with Crippen molar-refractivity contribution in [2.24, 2.45) is 0 Å². The molecule has 4 rings (SSSR count). The number of aldehydes is 1. The predicted molar refractivity (Wildman–Crippen MR) is 154 cm³/mol. The third-order valence-corrected chi connectivity index (χ3v) is 7.50. The monoisotopic (exact) mass is 585 g/mol. The summed E-state index contributed by atoms with van der Waals surface area (Å²) in [6, 6.07) is 19.6. The zero-order valence-corrected chi connectivity index (χ0v) is 24.2. The molecule has 1 saturated heterocycles. The summed E-state index contributed by atoms with van der Waals surface area (Å²) < 4.78 is 23.2. The number of carbonyl (C=O) groups excluding carboxylic acids is 2. The highest BCUT2D eigenvalue weighted by Crippen LogP contribution is 2.44. The molecule has 3 aromatic carbocycles. The van der Waals surface area contributed by atoms with Crippen molar-refractivity contribution in [3.63, 3.8) is 0 Å². The number of carbonyl (C=O) groups is 2. The molecule has 0 saturated carbocycles. The molecule has 7 nitrogen and oxygen atoms in total. The van der Waals surface area contributed by atoms with Crippen LogP contribution in [0.5, 0.6) is 11.5 Å². The van der Waals surface area contributed by atoms with Crippen molar-refractivity contribution in [2.75, 3.05) is 20.8 Å². The van der Waals surface area contributed by atoms with E-state index in [0.717, 1.165) is 16.7 Å². The fourth-order valence-corrected chi connectivity index (χ4v) is 5.35. The van der Waals surface area contributed by atoms with Crippen molar-refractivity contribution in [1.82, 2.24) is 4.90 Å². The van der Waals surface area contributed by atoms with Gasteiger partial charge < -0.3 is 28.6 Å². The van der Waals surface area contributed by atoms with Gasteiger partial charge in [0.25, 0.3) is 5.91 Å². The van der Waals surface area contributed by atoms with Gasteiger partial charge in [-0.05, 0) is 59.5 Å². The van der Waals surface area contributed by atoms with Gasteiger partial charge in [0.15, 0.2) is 11.5 Å². The molecule has 0 bridgehead atoms. The van der Waals surface area contributed by atoms with Crippen molar-refractivity contribution in [1.29, 1.82) is 0 Å². The molecule has 1 aliphatic heterocycles. The van der Waals surface area contributed by atoms with Gasteiger partial charge in [0, 0.05) is 16.5 Å². The van der Waals surface area contributed by atoms with Crippen molar-refractivity contribution in [3.05, 3.63) is 93.5 Å². The first-order valence-corrected chi connectivity index (χ1v) is 13.9. The molecule has 1 fully saturated rings. The molecular weight excluding hydrogens is 553 g/mol. The number of amides is 1. The Hall–Kier alpha value is -3.10. The van der Waals surface area contributed by atoms with Gasteiger partial charge in [-0.25, -0.2) is 0 Å². The lowest BCUT2D eigenvalue weighted by Gasteiger charge is -2.48. The molecule has 0 N–H and O–H groups in total. The zero-order valence-electron chi connectivity index (χ0n) is 22.7. The Morgan fingerprint density at radius 3 is 2.35 bits per heavy atom. The summed E-state index contributed by atoms with van der Waals surface area (Å²) in [4.78, 5) is 27.3. The summed E-state index contributed by atoms with van der Waals surface area (Å²) in [7, 11) is 3.17. The summed E-state index contributed by atoms with van der Waals surface area (Å²) in [6.07, 6.45) is -0.208. The molecule has 212 valence electrons. The second-order valence-corrected chi connectivity index (χ2v) is 10.4. The van der Waals surface area contributed by atoms with Crippen LogP contribution >= 0.6 is 23.2 Å². The third kappa shape index (κ3) is 6.78. The smallest absolute Gasteiger partial charge is 0.253 e. The molecule has 1 aliphatic rings. The van der Waals surface area contributed by atoms with E-state index in [-0.39, 0.29) is 25.0 Å². The minimum atomic E-state index is -0.926. The topological polar surface area (TPSA) is 74.3 Å². The van der Waals surface area contributed by atoms with Crippen LogP contribution in [-0.2, 0) is 25.7 Å². The fraction of sp³-hybridized carbons (Fsp3) is 0.355. The molecular formula is C31H33Cl2NO6.